The maximum absolute atomic E-state index is 12.7. The van der Waals surface area contributed by atoms with Crippen molar-refractivity contribution in [2.24, 2.45) is 11.8 Å². The number of rotatable bonds is 5. The molecule has 2 aliphatic rings. The minimum atomic E-state index is -0.460. The minimum Gasteiger partial charge on any atom is -0.343 e. The number of likely N-dealkylation sites (tertiary alicyclic amines) is 1. The highest BCUT2D eigenvalue weighted by atomic mass is 16.2. The summed E-state index contributed by atoms with van der Waals surface area (Å²) in [6.45, 7) is 6.27. The van der Waals surface area contributed by atoms with Crippen molar-refractivity contribution in [3.8, 4) is 0 Å². The Hall–Kier alpha value is -2.90. The second kappa shape index (κ2) is 8.45. The van der Waals surface area contributed by atoms with E-state index in [2.05, 4.69) is 26.3 Å². The third-order valence-corrected chi connectivity index (χ3v) is 6.46. The van der Waals surface area contributed by atoms with Crippen LogP contribution in [0.2, 0.25) is 0 Å². The van der Waals surface area contributed by atoms with Crippen molar-refractivity contribution in [1.82, 2.24) is 25.1 Å². The van der Waals surface area contributed by atoms with Crippen molar-refractivity contribution in [2.75, 3.05) is 13.1 Å². The number of benzene rings is 1. The summed E-state index contributed by atoms with van der Waals surface area (Å²) in [7, 11) is 0. The Kier molecular flexibility index (Phi) is 5.74. The first-order chi connectivity index (χ1) is 14.4. The molecule has 2 atom stereocenters. The molecule has 2 fully saturated rings. The van der Waals surface area contributed by atoms with E-state index in [9.17, 15) is 14.4 Å². The number of imide groups is 1. The molecule has 0 saturated carbocycles. The van der Waals surface area contributed by atoms with E-state index in [1.807, 2.05) is 30.0 Å². The summed E-state index contributed by atoms with van der Waals surface area (Å²) in [4.78, 5) is 42.6. The highest BCUT2D eigenvalue weighted by Gasteiger charge is 2.33. The molecule has 2 aromatic rings. The standard InChI is InChI=1S/C22H29N5O3/c1-14-17(21(29)25-22(30)23-14)7-8-20(28)26-11-9-16(10-12-26)13-27-15(2)24-18-5-3-4-6-19(18)27/h3-6,14,16-17H,7-13H2,1-2H3,(H2,23,25,29,30). The van der Waals surface area contributed by atoms with Gasteiger partial charge in [-0.3, -0.25) is 14.9 Å². The number of amides is 4. The Balaban J connectivity index is 1.28. The molecule has 4 rings (SSSR count). The molecular weight excluding hydrogens is 382 g/mol. The van der Waals surface area contributed by atoms with E-state index in [0.29, 0.717) is 18.8 Å². The van der Waals surface area contributed by atoms with Crippen LogP contribution in [0.5, 0.6) is 0 Å². The Morgan fingerprint density at radius 1 is 1.20 bits per heavy atom. The first kappa shape index (κ1) is 20.4. The van der Waals surface area contributed by atoms with Gasteiger partial charge in [0.2, 0.25) is 11.8 Å². The zero-order chi connectivity index (χ0) is 21.3. The van der Waals surface area contributed by atoms with E-state index in [0.717, 1.165) is 43.8 Å². The number of urea groups is 1. The molecule has 0 spiro atoms. The first-order valence-electron chi connectivity index (χ1n) is 10.7. The summed E-state index contributed by atoms with van der Waals surface area (Å²) in [6, 6.07) is 7.49. The molecule has 1 aromatic heterocycles. The van der Waals surface area contributed by atoms with Gasteiger partial charge in [0.25, 0.3) is 0 Å². The molecular formula is C22H29N5O3. The lowest BCUT2D eigenvalue weighted by atomic mass is 9.92. The number of piperidine rings is 1. The Bertz CT molecular complexity index is 961. The van der Waals surface area contributed by atoms with Gasteiger partial charge < -0.3 is 14.8 Å². The van der Waals surface area contributed by atoms with Crippen LogP contribution < -0.4 is 10.6 Å². The van der Waals surface area contributed by atoms with Crippen LogP contribution in [0.3, 0.4) is 0 Å². The number of nitrogens with one attached hydrogen (secondary N) is 2. The fraction of sp³-hybridized carbons (Fsp3) is 0.545. The maximum Gasteiger partial charge on any atom is 0.321 e. The number of carbonyl (C=O) groups excluding carboxylic acids is 3. The Morgan fingerprint density at radius 3 is 2.67 bits per heavy atom. The quantitative estimate of drug-likeness (QED) is 0.788. The van der Waals surface area contributed by atoms with Gasteiger partial charge in [-0.05, 0) is 51.2 Å². The number of aromatic nitrogens is 2. The van der Waals surface area contributed by atoms with Crippen LogP contribution in [0.15, 0.2) is 24.3 Å². The highest BCUT2D eigenvalue weighted by Crippen LogP contribution is 2.24. The number of imidazole rings is 1. The van der Waals surface area contributed by atoms with Crippen LogP contribution in [-0.2, 0) is 16.1 Å². The number of hydrogen-bond acceptors (Lipinski definition) is 4. The number of aryl methyl sites for hydroxylation is 1. The van der Waals surface area contributed by atoms with E-state index in [1.54, 1.807) is 6.92 Å². The summed E-state index contributed by atoms with van der Waals surface area (Å²) < 4.78 is 2.29. The van der Waals surface area contributed by atoms with Gasteiger partial charge >= 0.3 is 6.03 Å². The van der Waals surface area contributed by atoms with E-state index >= 15 is 0 Å². The van der Waals surface area contributed by atoms with E-state index in [4.69, 9.17) is 0 Å². The third-order valence-electron chi connectivity index (χ3n) is 6.46. The molecule has 2 aliphatic heterocycles. The lowest BCUT2D eigenvalue weighted by Crippen LogP contribution is -2.57. The minimum absolute atomic E-state index is 0.0922. The topological polar surface area (TPSA) is 96.3 Å². The number of fused-ring (bicyclic) bond motifs is 1. The molecule has 160 valence electrons. The lowest BCUT2D eigenvalue weighted by molar-refractivity contribution is -0.133. The normalized spacial score (nSPS) is 22.8. The fourth-order valence-electron chi connectivity index (χ4n) is 4.64. The molecule has 4 amide bonds. The van der Waals surface area contributed by atoms with E-state index in [1.165, 1.54) is 5.52 Å². The van der Waals surface area contributed by atoms with E-state index < -0.39 is 6.03 Å². The monoisotopic (exact) mass is 411 g/mol. The Labute approximate surface area is 176 Å². The summed E-state index contributed by atoms with van der Waals surface area (Å²) in [6.07, 6.45) is 2.71. The summed E-state index contributed by atoms with van der Waals surface area (Å²) in [5, 5.41) is 4.99. The third kappa shape index (κ3) is 4.17. The van der Waals surface area contributed by atoms with Gasteiger partial charge in [-0.2, -0.15) is 0 Å². The van der Waals surface area contributed by atoms with Gasteiger partial charge in [0, 0.05) is 32.1 Å². The molecule has 2 unspecified atom stereocenters. The average molecular weight is 412 g/mol. The second-order valence-electron chi connectivity index (χ2n) is 8.48. The SMILES string of the molecule is Cc1nc2ccccc2n1CC1CCN(C(=O)CCC2C(=O)NC(=O)NC2C)CC1. The lowest BCUT2D eigenvalue weighted by Gasteiger charge is -2.33. The molecule has 1 aromatic carbocycles. The van der Waals surface area contributed by atoms with Crippen molar-refractivity contribution in [3.05, 3.63) is 30.1 Å². The molecule has 0 radical (unpaired) electrons. The molecule has 8 heteroatoms. The predicted molar refractivity (Wildman–Crippen MR) is 113 cm³/mol. The predicted octanol–water partition coefficient (Wildman–Crippen LogP) is 2.21. The zero-order valence-electron chi connectivity index (χ0n) is 17.6. The van der Waals surface area contributed by atoms with Crippen molar-refractivity contribution in [2.45, 2.75) is 52.1 Å². The first-order valence-corrected chi connectivity index (χ1v) is 10.7. The molecule has 2 N–H and O–H groups in total. The van der Waals surface area contributed by atoms with Gasteiger partial charge in [0.1, 0.15) is 5.82 Å². The van der Waals surface area contributed by atoms with Crippen molar-refractivity contribution in [1.29, 1.82) is 0 Å². The number of para-hydroxylation sites is 2. The number of hydrogen-bond donors (Lipinski definition) is 2. The molecule has 0 bridgehead atoms. The smallest absolute Gasteiger partial charge is 0.321 e. The number of nitrogens with zero attached hydrogens (tertiary/aromatic N) is 3. The van der Waals surface area contributed by atoms with Crippen LogP contribution in [0.4, 0.5) is 4.79 Å². The van der Waals surface area contributed by atoms with Crippen LogP contribution in [0.25, 0.3) is 11.0 Å². The van der Waals surface area contributed by atoms with Gasteiger partial charge in [0.15, 0.2) is 0 Å². The molecule has 2 saturated heterocycles. The molecule has 0 aliphatic carbocycles. The molecule has 30 heavy (non-hydrogen) atoms. The van der Waals surface area contributed by atoms with Crippen molar-refractivity contribution < 1.29 is 14.4 Å². The zero-order valence-corrected chi connectivity index (χ0v) is 17.6. The highest BCUT2D eigenvalue weighted by molar-refractivity contribution is 5.98. The van der Waals surface area contributed by atoms with Crippen LogP contribution in [0.1, 0.15) is 38.4 Å². The van der Waals surface area contributed by atoms with E-state index in [-0.39, 0.29) is 23.8 Å². The van der Waals surface area contributed by atoms with Gasteiger partial charge in [-0.1, -0.05) is 12.1 Å². The number of carbonyl (C=O) groups is 3. The molecule has 3 heterocycles. The fourth-order valence-corrected chi connectivity index (χ4v) is 4.64. The summed E-state index contributed by atoms with van der Waals surface area (Å²) in [5.41, 5.74) is 2.19. The van der Waals surface area contributed by atoms with Crippen LogP contribution >= 0.6 is 0 Å². The van der Waals surface area contributed by atoms with Gasteiger partial charge in [-0.25, -0.2) is 9.78 Å². The van der Waals surface area contributed by atoms with Crippen LogP contribution in [0, 0.1) is 18.8 Å². The Morgan fingerprint density at radius 2 is 1.93 bits per heavy atom. The molecule has 8 nitrogen and oxygen atoms in total. The summed E-state index contributed by atoms with van der Waals surface area (Å²) in [5.74, 6) is 0.989. The second-order valence-corrected chi connectivity index (χ2v) is 8.48. The largest absolute Gasteiger partial charge is 0.343 e. The van der Waals surface area contributed by atoms with Crippen molar-refractivity contribution >= 4 is 28.9 Å². The van der Waals surface area contributed by atoms with Crippen molar-refractivity contribution in [3.63, 3.8) is 0 Å². The average Bonchev–Trinajstić information content (AvgIpc) is 3.03. The summed E-state index contributed by atoms with van der Waals surface area (Å²) >= 11 is 0. The maximum atomic E-state index is 12.7. The van der Waals surface area contributed by atoms with Crippen LogP contribution in [-0.4, -0.2) is 51.4 Å². The van der Waals surface area contributed by atoms with Gasteiger partial charge in [-0.15, -0.1) is 0 Å². The van der Waals surface area contributed by atoms with Gasteiger partial charge in [0.05, 0.1) is 17.0 Å².